The number of alkyl halides is 3. The lowest BCUT2D eigenvalue weighted by Gasteiger charge is -2.29. The van der Waals surface area contributed by atoms with Gasteiger partial charge >= 0.3 is 6.18 Å². The molecule has 3 nitrogen and oxygen atoms in total. The van der Waals surface area contributed by atoms with Gasteiger partial charge in [0, 0.05) is 19.3 Å². The molecule has 20 heavy (non-hydrogen) atoms. The van der Waals surface area contributed by atoms with Gasteiger partial charge in [0.25, 0.3) is 0 Å². The normalized spacial score (nSPS) is 18.1. The maximum Gasteiger partial charge on any atom is 0.390 e. The second-order valence-corrected chi connectivity index (χ2v) is 5.02. The molecule has 0 aliphatic carbocycles. The summed E-state index contributed by atoms with van der Waals surface area (Å²) >= 11 is 0. The van der Waals surface area contributed by atoms with Gasteiger partial charge in [0.2, 0.25) is 5.91 Å². The second-order valence-electron chi connectivity index (χ2n) is 5.02. The quantitative estimate of drug-likeness (QED) is 0.926. The fourth-order valence-corrected chi connectivity index (χ4v) is 2.29. The molecule has 0 spiro atoms. The summed E-state index contributed by atoms with van der Waals surface area (Å²) in [6.45, 7) is -0.303. The molecule has 1 aliphatic heterocycles. The minimum Gasteiger partial charge on any atom is -0.373 e. The molecule has 1 aromatic carbocycles. The highest BCUT2D eigenvalue weighted by Crippen LogP contribution is 2.25. The average molecular weight is 286 g/mol. The first-order valence-corrected chi connectivity index (χ1v) is 6.53. The molecular weight excluding hydrogens is 269 g/mol. The zero-order valence-electron chi connectivity index (χ0n) is 11.2. The summed E-state index contributed by atoms with van der Waals surface area (Å²) in [5, 5.41) is 3.10. The third kappa shape index (κ3) is 3.65. The summed E-state index contributed by atoms with van der Waals surface area (Å²) in [6, 6.07) is 7.22. The van der Waals surface area contributed by atoms with Crippen LogP contribution in [0.3, 0.4) is 0 Å². The lowest BCUT2D eigenvalue weighted by Crippen LogP contribution is -2.43. The van der Waals surface area contributed by atoms with Crippen LogP contribution in [-0.2, 0) is 11.2 Å². The Hall–Kier alpha value is -1.72. The van der Waals surface area contributed by atoms with E-state index in [1.54, 1.807) is 0 Å². The van der Waals surface area contributed by atoms with Gasteiger partial charge in [-0.05, 0) is 24.5 Å². The molecule has 1 aromatic rings. The Morgan fingerprint density at radius 3 is 2.80 bits per heavy atom. The van der Waals surface area contributed by atoms with Gasteiger partial charge in [0.05, 0.1) is 6.42 Å². The Morgan fingerprint density at radius 1 is 1.40 bits per heavy atom. The lowest BCUT2D eigenvalue weighted by molar-refractivity contribution is -0.144. The van der Waals surface area contributed by atoms with Gasteiger partial charge in [-0.2, -0.15) is 13.2 Å². The number of amides is 1. The Bertz CT molecular complexity index is 488. The third-order valence-electron chi connectivity index (χ3n) is 3.45. The van der Waals surface area contributed by atoms with E-state index in [-0.39, 0.29) is 12.5 Å². The molecule has 110 valence electrons. The number of anilines is 1. The van der Waals surface area contributed by atoms with E-state index >= 15 is 0 Å². The van der Waals surface area contributed by atoms with E-state index in [1.165, 1.54) is 7.05 Å². The van der Waals surface area contributed by atoms with Crippen molar-refractivity contribution in [3.63, 3.8) is 0 Å². The van der Waals surface area contributed by atoms with E-state index < -0.39 is 18.6 Å². The number of aryl methyl sites for hydroxylation is 1. The zero-order valence-corrected chi connectivity index (χ0v) is 11.2. The van der Waals surface area contributed by atoms with Gasteiger partial charge in [-0.25, -0.2) is 0 Å². The largest absolute Gasteiger partial charge is 0.390 e. The number of benzene rings is 1. The first-order chi connectivity index (χ1) is 9.37. The zero-order chi connectivity index (χ0) is 14.8. The van der Waals surface area contributed by atoms with Crippen LogP contribution < -0.4 is 5.32 Å². The Morgan fingerprint density at radius 2 is 2.10 bits per heavy atom. The molecule has 0 bridgehead atoms. The number of hydrogen-bond donors (Lipinski definition) is 1. The maximum atomic E-state index is 12.2. The fraction of sp³-hybridized carbons (Fsp3) is 0.500. The van der Waals surface area contributed by atoms with Crippen LogP contribution in [0.5, 0.6) is 0 Å². The topological polar surface area (TPSA) is 32.3 Å². The molecular formula is C14H17F3N2O. The number of carbonyl (C=O) groups excluding carboxylic acids is 1. The summed E-state index contributed by atoms with van der Waals surface area (Å²) in [5.41, 5.74) is 2.02. The summed E-state index contributed by atoms with van der Waals surface area (Å²) in [6.07, 6.45) is -3.85. The summed E-state index contributed by atoms with van der Waals surface area (Å²) in [7, 11) is 1.41. The van der Waals surface area contributed by atoms with Crippen molar-refractivity contribution in [1.82, 2.24) is 4.90 Å². The van der Waals surface area contributed by atoms with Gasteiger partial charge in [-0.15, -0.1) is 0 Å². The molecule has 1 atom stereocenters. The molecule has 0 saturated heterocycles. The minimum absolute atomic E-state index is 0.288. The van der Waals surface area contributed by atoms with Crippen LogP contribution in [0.2, 0.25) is 0 Å². The van der Waals surface area contributed by atoms with Crippen molar-refractivity contribution < 1.29 is 18.0 Å². The number of nitrogens with zero attached hydrogens (tertiary/aromatic N) is 1. The van der Waals surface area contributed by atoms with E-state index in [9.17, 15) is 18.0 Å². The van der Waals surface area contributed by atoms with E-state index in [0.29, 0.717) is 6.42 Å². The van der Waals surface area contributed by atoms with E-state index in [1.807, 2.05) is 24.3 Å². The molecule has 1 unspecified atom stereocenters. The lowest BCUT2D eigenvalue weighted by atomic mass is 9.97. The van der Waals surface area contributed by atoms with Crippen molar-refractivity contribution in [1.29, 1.82) is 0 Å². The van der Waals surface area contributed by atoms with Crippen molar-refractivity contribution in [3.05, 3.63) is 29.8 Å². The highest BCUT2D eigenvalue weighted by molar-refractivity contribution is 5.85. The average Bonchev–Trinajstić information content (AvgIpc) is 2.42. The van der Waals surface area contributed by atoms with Gasteiger partial charge in [-0.3, -0.25) is 4.79 Å². The smallest absolute Gasteiger partial charge is 0.373 e. The minimum atomic E-state index is -4.23. The molecule has 0 saturated carbocycles. The summed E-state index contributed by atoms with van der Waals surface area (Å²) < 4.78 is 36.5. The van der Waals surface area contributed by atoms with Gasteiger partial charge in [-0.1, -0.05) is 18.2 Å². The maximum absolute atomic E-state index is 12.2. The number of likely N-dealkylation sites (N-methyl/N-ethyl adjacent to an activating group) is 1. The SMILES string of the molecule is CN(CCC(F)(F)F)C(=O)C1CCc2ccccc2N1. The molecule has 0 fully saturated rings. The Balaban J connectivity index is 1.94. The molecule has 0 aromatic heterocycles. The van der Waals surface area contributed by atoms with Crippen molar-refractivity contribution >= 4 is 11.6 Å². The number of carbonyl (C=O) groups is 1. The first kappa shape index (κ1) is 14.7. The van der Waals surface area contributed by atoms with E-state index in [0.717, 1.165) is 22.6 Å². The number of halogens is 3. The van der Waals surface area contributed by atoms with Crippen LogP contribution in [0.15, 0.2) is 24.3 Å². The number of fused-ring (bicyclic) bond motifs is 1. The molecule has 1 aliphatic rings. The summed E-state index contributed by atoms with van der Waals surface area (Å²) in [4.78, 5) is 13.3. The predicted octanol–water partition coefficient (Wildman–Crippen LogP) is 2.82. The van der Waals surface area contributed by atoms with E-state index in [4.69, 9.17) is 0 Å². The number of rotatable bonds is 3. The van der Waals surface area contributed by atoms with Crippen molar-refractivity contribution in [2.45, 2.75) is 31.5 Å². The van der Waals surface area contributed by atoms with Crippen LogP contribution >= 0.6 is 0 Å². The third-order valence-corrected chi connectivity index (χ3v) is 3.45. The van der Waals surface area contributed by atoms with Crippen LogP contribution in [0, 0.1) is 0 Å². The van der Waals surface area contributed by atoms with Crippen molar-refractivity contribution in [2.24, 2.45) is 0 Å². The van der Waals surface area contributed by atoms with Gasteiger partial charge in [0.15, 0.2) is 0 Å². The fourth-order valence-electron chi connectivity index (χ4n) is 2.29. The van der Waals surface area contributed by atoms with Gasteiger partial charge < -0.3 is 10.2 Å². The predicted molar refractivity (Wildman–Crippen MR) is 70.5 cm³/mol. The Labute approximate surface area is 115 Å². The highest BCUT2D eigenvalue weighted by atomic mass is 19.4. The molecule has 0 radical (unpaired) electrons. The van der Waals surface area contributed by atoms with Crippen LogP contribution in [-0.4, -0.2) is 36.6 Å². The number of nitrogens with one attached hydrogen (secondary N) is 1. The molecule has 1 heterocycles. The Kier molecular flexibility index (Phi) is 4.20. The number of para-hydroxylation sites is 1. The molecule has 1 N–H and O–H groups in total. The van der Waals surface area contributed by atoms with Crippen LogP contribution in [0.25, 0.3) is 0 Å². The second kappa shape index (κ2) is 5.73. The number of hydrogen-bond acceptors (Lipinski definition) is 2. The highest BCUT2D eigenvalue weighted by Gasteiger charge is 2.30. The van der Waals surface area contributed by atoms with Gasteiger partial charge in [0.1, 0.15) is 6.04 Å². The molecule has 2 rings (SSSR count). The van der Waals surface area contributed by atoms with Crippen molar-refractivity contribution in [2.75, 3.05) is 18.9 Å². The molecule has 1 amide bonds. The monoisotopic (exact) mass is 286 g/mol. The summed E-state index contributed by atoms with van der Waals surface area (Å²) in [5.74, 6) is -0.288. The van der Waals surface area contributed by atoms with Crippen LogP contribution in [0.4, 0.5) is 18.9 Å². The van der Waals surface area contributed by atoms with E-state index in [2.05, 4.69) is 5.32 Å². The molecule has 6 heteroatoms. The van der Waals surface area contributed by atoms with Crippen LogP contribution in [0.1, 0.15) is 18.4 Å². The first-order valence-electron chi connectivity index (χ1n) is 6.53. The van der Waals surface area contributed by atoms with Crippen molar-refractivity contribution in [3.8, 4) is 0 Å². The standard InChI is InChI=1S/C14H17F3N2O/c1-19(9-8-14(15,16)17)13(20)12-7-6-10-4-2-3-5-11(10)18-12/h2-5,12,18H,6-9H2,1H3.